The van der Waals surface area contributed by atoms with Crippen molar-refractivity contribution in [2.75, 3.05) is 31.3 Å². The monoisotopic (exact) mass is 313 g/mol. The van der Waals surface area contributed by atoms with Gasteiger partial charge >= 0.3 is 0 Å². The van der Waals surface area contributed by atoms with Crippen LogP contribution in [0.5, 0.6) is 0 Å². The van der Waals surface area contributed by atoms with Crippen LogP contribution in [0.25, 0.3) is 0 Å². The Morgan fingerprint density at radius 1 is 1.48 bits per heavy atom. The maximum absolute atomic E-state index is 12.3. The van der Waals surface area contributed by atoms with Crippen molar-refractivity contribution < 1.29 is 19.1 Å². The van der Waals surface area contributed by atoms with E-state index in [0.29, 0.717) is 24.5 Å². The Balaban J connectivity index is 1.97. The molecule has 118 valence electrons. The smallest absolute Gasteiger partial charge is 0.254 e. The topological polar surface area (TPSA) is 71.7 Å². The molecule has 1 aromatic rings. The standard InChI is InChI=1S/C15H23NO4S/c1-11-9-13(12(2)20-11)14(18)16-10-15(19-6-5-17)3-7-21-8-4-15/h9,17H,3-8,10H2,1-2H3,(H,16,18). The van der Waals surface area contributed by atoms with E-state index in [0.717, 1.165) is 30.1 Å². The maximum Gasteiger partial charge on any atom is 0.254 e. The Labute approximate surface area is 129 Å². The Bertz CT molecular complexity index is 480. The first-order chi connectivity index (χ1) is 10.1. The van der Waals surface area contributed by atoms with Gasteiger partial charge in [0.25, 0.3) is 5.91 Å². The molecule has 0 aromatic carbocycles. The highest BCUT2D eigenvalue weighted by Crippen LogP contribution is 2.30. The molecule has 0 saturated carbocycles. The second-order valence-electron chi connectivity index (χ2n) is 5.38. The molecule has 0 atom stereocenters. The summed E-state index contributed by atoms with van der Waals surface area (Å²) < 4.78 is 11.2. The molecule has 0 radical (unpaired) electrons. The number of aliphatic hydroxyl groups excluding tert-OH is 1. The van der Waals surface area contributed by atoms with Crippen LogP contribution in [-0.4, -0.2) is 47.9 Å². The molecule has 6 heteroatoms. The minimum atomic E-state index is -0.351. The molecule has 2 heterocycles. The first kappa shape index (κ1) is 16.4. The first-order valence-electron chi connectivity index (χ1n) is 7.24. The molecule has 0 aliphatic carbocycles. The van der Waals surface area contributed by atoms with E-state index in [1.165, 1.54) is 0 Å². The van der Waals surface area contributed by atoms with Crippen LogP contribution in [0.4, 0.5) is 0 Å². The van der Waals surface area contributed by atoms with Gasteiger partial charge in [-0.1, -0.05) is 0 Å². The molecule has 0 unspecified atom stereocenters. The van der Waals surface area contributed by atoms with Crippen molar-refractivity contribution in [2.24, 2.45) is 0 Å². The van der Waals surface area contributed by atoms with E-state index in [-0.39, 0.29) is 18.1 Å². The minimum absolute atomic E-state index is 0.00285. The van der Waals surface area contributed by atoms with Crippen molar-refractivity contribution in [2.45, 2.75) is 32.3 Å². The predicted octanol–water partition coefficient (Wildman–Crippen LogP) is 1.90. The van der Waals surface area contributed by atoms with Crippen molar-refractivity contribution in [1.29, 1.82) is 0 Å². The zero-order valence-electron chi connectivity index (χ0n) is 12.6. The lowest BCUT2D eigenvalue weighted by Gasteiger charge is -2.37. The third-order valence-electron chi connectivity index (χ3n) is 3.76. The van der Waals surface area contributed by atoms with Crippen molar-refractivity contribution in [1.82, 2.24) is 5.32 Å². The number of aliphatic hydroxyl groups is 1. The molecule has 1 aromatic heterocycles. The van der Waals surface area contributed by atoms with Crippen LogP contribution < -0.4 is 5.32 Å². The fourth-order valence-electron chi connectivity index (χ4n) is 2.57. The summed E-state index contributed by atoms with van der Waals surface area (Å²) in [6.45, 7) is 4.40. The first-order valence-corrected chi connectivity index (χ1v) is 8.40. The van der Waals surface area contributed by atoms with Gasteiger partial charge in [-0.2, -0.15) is 11.8 Å². The Morgan fingerprint density at radius 2 is 2.19 bits per heavy atom. The summed E-state index contributed by atoms with van der Waals surface area (Å²) in [4.78, 5) is 12.3. The summed E-state index contributed by atoms with van der Waals surface area (Å²) in [5, 5.41) is 11.9. The van der Waals surface area contributed by atoms with E-state index in [1.807, 2.05) is 18.7 Å². The molecule has 1 amide bonds. The van der Waals surface area contributed by atoms with Crippen LogP contribution in [0.2, 0.25) is 0 Å². The number of aryl methyl sites for hydroxylation is 2. The summed E-state index contributed by atoms with van der Waals surface area (Å²) in [6, 6.07) is 1.75. The van der Waals surface area contributed by atoms with E-state index >= 15 is 0 Å². The van der Waals surface area contributed by atoms with E-state index in [1.54, 1.807) is 13.0 Å². The van der Waals surface area contributed by atoms with Crippen LogP contribution in [-0.2, 0) is 4.74 Å². The van der Waals surface area contributed by atoms with Crippen molar-refractivity contribution in [3.05, 3.63) is 23.2 Å². The molecular formula is C15H23NO4S. The zero-order valence-corrected chi connectivity index (χ0v) is 13.4. The van der Waals surface area contributed by atoms with Crippen LogP contribution in [0.15, 0.2) is 10.5 Å². The average molecular weight is 313 g/mol. The highest BCUT2D eigenvalue weighted by atomic mass is 32.2. The van der Waals surface area contributed by atoms with E-state index in [2.05, 4.69) is 5.32 Å². The quantitative estimate of drug-likeness (QED) is 0.839. The van der Waals surface area contributed by atoms with Gasteiger partial charge in [0, 0.05) is 6.54 Å². The predicted molar refractivity (Wildman–Crippen MR) is 82.8 cm³/mol. The van der Waals surface area contributed by atoms with Crippen molar-refractivity contribution in [3.63, 3.8) is 0 Å². The summed E-state index contributed by atoms with van der Waals surface area (Å²) in [6.07, 6.45) is 1.78. The number of furan rings is 1. The van der Waals surface area contributed by atoms with E-state index in [9.17, 15) is 4.79 Å². The van der Waals surface area contributed by atoms with Gasteiger partial charge in [0.1, 0.15) is 11.5 Å². The van der Waals surface area contributed by atoms with Gasteiger partial charge in [0.2, 0.25) is 0 Å². The van der Waals surface area contributed by atoms with Gasteiger partial charge in [-0.15, -0.1) is 0 Å². The van der Waals surface area contributed by atoms with Crippen LogP contribution in [0, 0.1) is 13.8 Å². The zero-order chi connectivity index (χ0) is 15.3. The lowest BCUT2D eigenvalue weighted by atomic mass is 9.96. The van der Waals surface area contributed by atoms with E-state index in [4.69, 9.17) is 14.3 Å². The number of hydrogen-bond donors (Lipinski definition) is 2. The Hall–Kier alpha value is -0.980. The van der Waals surface area contributed by atoms with Gasteiger partial charge in [0.05, 0.1) is 24.4 Å². The van der Waals surface area contributed by atoms with Gasteiger partial charge in [-0.05, 0) is 44.3 Å². The Morgan fingerprint density at radius 3 is 2.76 bits per heavy atom. The molecular weight excluding hydrogens is 290 g/mol. The minimum Gasteiger partial charge on any atom is -0.466 e. The lowest BCUT2D eigenvalue weighted by Crippen LogP contribution is -2.48. The van der Waals surface area contributed by atoms with Crippen molar-refractivity contribution in [3.8, 4) is 0 Å². The fourth-order valence-corrected chi connectivity index (χ4v) is 3.81. The number of carbonyl (C=O) groups is 1. The Kier molecular flexibility index (Phi) is 5.72. The van der Waals surface area contributed by atoms with Gasteiger partial charge in [-0.3, -0.25) is 4.79 Å². The second-order valence-corrected chi connectivity index (χ2v) is 6.60. The summed E-state index contributed by atoms with van der Waals surface area (Å²) in [5.74, 6) is 3.28. The van der Waals surface area contributed by atoms with Crippen LogP contribution in [0.1, 0.15) is 34.7 Å². The lowest BCUT2D eigenvalue weighted by molar-refractivity contribution is -0.0608. The molecule has 2 N–H and O–H groups in total. The van der Waals surface area contributed by atoms with Gasteiger partial charge < -0.3 is 19.6 Å². The summed E-state index contributed by atoms with van der Waals surface area (Å²) in [7, 11) is 0. The molecule has 1 aliphatic rings. The number of ether oxygens (including phenoxy) is 1. The molecule has 0 spiro atoms. The van der Waals surface area contributed by atoms with Gasteiger partial charge in [0.15, 0.2) is 0 Å². The normalized spacial score (nSPS) is 17.7. The molecule has 1 saturated heterocycles. The summed E-state index contributed by atoms with van der Waals surface area (Å²) in [5.41, 5.74) is 0.228. The number of hydrogen-bond acceptors (Lipinski definition) is 5. The third kappa shape index (κ3) is 4.25. The summed E-state index contributed by atoms with van der Waals surface area (Å²) >= 11 is 1.90. The number of thioether (sulfide) groups is 1. The molecule has 1 aliphatic heterocycles. The number of nitrogens with one attached hydrogen (secondary N) is 1. The largest absolute Gasteiger partial charge is 0.466 e. The molecule has 5 nitrogen and oxygen atoms in total. The molecule has 0 bridgehead atoms. The number of carbonyl (C=O) groups excluding carboxylic acids is 1. The van der Waals surface area contributed by atoms with Gasteiger partial charge in [-0.25, -0.2) is 0 Å². The molecule has 2 rings (SSSR count). The third-order valence-corrected chi connectivity index (χ3v) is 4.75. The van der Waals surface area contributed by atoms with E-state index < -0.39 is 0 Å². The molecule has 1 fully saturated rings. The molecule has 21 heavy (non-hydrogen) atoms. The fraction of sp³-hybridized carbons (Fsp3) is 0.667. The maximum atomic E-state index is 12.3. The van der Waals surface area contributed by atoms with Crippen LogP contribution >= 0.6 is 11.8 Å². The van der Waals surface area contributed by atoms with Crippen LogP contribution in [0.3, 0.4) is 0 Å². The average Bonchev–Trinajstić information content (AvgIpc) is 2.83. The highest BCUT2D eigenvalue weighted by Gasteiger charge is 2.34. The number of rotatable bonds is 6. The second kappa shape index (κ2) is 7.33. The highest BCUT2D eigenvalue weighted by molar-refractivity contribution is 7.99. The SMILES string of the molecule is Cc1cc(C(=O)NCC2(OCCO)CCSCC2)c(C)o1. The van der Waals surface area contributed by atoms with Crippen molar-refractivity contribution >= 4 is 17.7 Å². The number of amides is 1.